The number of rotatable bonds is 5. The molecular weight excluding hydrogens is 392 g/mol. The number of fused-ring (bicyclic) bond motifs is 1. The van der Waals surface area contributed by atoms with E-state index in [1.165, 1.54) is 0 Å². The third kappa shape index (κ3) is 4.47. The predicted octanol–water partition coefficient (Wildman–Crippen LogP) is 4.01. The van der Waals surface area contributed by atoms with Crippen molar-refractivity contribution in [3.63, 3.8) is 0 Å². The molecule has 6 heteroatoms. The zero-order valence-electron chi connectivity index (χ0n) is 17.6. The van der Waals surface area contributed by atoms with Crippen LogP contribution in [0.1, 0.15) is 29.5 Å². The molecule has 4 rings (SSSR count). The first kappa shape index (κ1) is 20.7. The van der Waals surface area contributed by atoms with E-state index in [9.17, 15) is 10.1 Å². The highest BCUT2D eigenvalue weighted by Crippen LogP contribution is 2.39. The Bertz CT molecular complexity index is 1090. The molecule has 2 heterocycles. The van der Waals surface area contributed by atoms with E-state index >= 15 is 0 Å². The van der Waals surface area contributed by atoms with Gasteiger partial charge in [0.1, 0.15) is 28.9 Å². The third-order valence-corrected chi connectivity index (χ3v) is 5.42. The molecule has 2 aromatic carbocycles. The van der Waals surface area contributed by atoms with Crippen LogP contribution >= 0.6 is 0 Å². The Labute approximate surface area is 181 Å². The molecule has 1 atom stereocenters. The second-order valence-electron chi connectivity index (χ2n) is 7.58. The van der Waals surface area contributed by atoms with Crippen LogP contribution in [0.15, 0.2) is 54.1 Å². The van der Waals surface area contributed by atoms with Gasteiger partial charge in [0, 0.05) is 29.9 Å². The highest BCUT2D eigenvalue weighted by molar-refractivity contribution is 6.09. The largest absolute Gasteiger partial charge is 0.497 e. The van der Waals surface area contributed by atoms with Crippen LogP contribution in [0.4, 0.5) is 0 Å². The van der Waals surface area contributed by atoms with Gasteiger partial charge in [-0.2, -0.15) is 5.26 Å². The molecule has 0 spiro atoms. The van der Waals surface area contributed by atoms with Gasteiger partial charge in [-0.3, -0.25) is 4.79 Å². The topological polar surface area (TPSA) is 80.6 Å². The first-order chi connectivity index (χ1) is 15.1. The molecule has 1 unspecified atom stereocenters. The van der Waals surface area contributed by atoms with Crippen molar-refractivity contribution < 1.29 is 19.0 Å². The summed E-state index contributed by atoms with van der Waals surface area (Å²) in [5, 5.41) is 12.7. The average molecular weight is 416 g/mol. The van der Waals surface area contributed by atoms with Gasteiger partial charge in [0.15, 0.2) is 0 Å². The maximum atomic E-state index is 12.9. The Morgan fingerprint density at radius 3 is 2.74 bits per heavy atom. The minimum atomic E-state index is -0.410. The van der Waals surface area contributed by atoms with E-state index in [0.717, 1.165) is 35.3 Å². The van der Waals surface area contributed by atoms with Crippen LogP contribution in [0.5, 0.6) is 11.5 Å². The summed E-state index contributed by atoms with van der Waals surface area (Å²) in [4.78, 5) is 12.9. The van der Waals surface area contributed by atoms with Crippen molar-refractivity contribution in [3.05, 3.63) is 70.8 Å². The van der Waals surface area contributed by atoms with E-state index < -0.39 is 5.91 Å². The molecule has 158 valence electrons. The number of nitriles is 1. The Balaban J connectivity index is 1.73. The van der Waals surface area contributed by atoms with Crippen LogP contribution in [0.2, 0.25) is 0 Å². The molecule has 2 aromatic rings. The third-order valence-electron chi connectivity index (χ3n) is 5.42. The number of ether oxygens (including phenoxy) is 3. The van der Waals surface area contributed by atoms with Gasteiger partial charge in [-0.15, -0.1) is 0 Å². The molecule has 0 radical (unpaired) electrons. The summed E-state index contributed by atoms with van der Waals surface area (Å²) < 4.78 is 16.9. The van der Waals surface area contributed by atoms with Crippen molar-refractivity contribution in [3.8, 4) is 17.6 Å². The van der Waals surface area contributed by atoms with Crippen molar-refractivity contribution >= 4 is 17.2 Å². The number of nitrogens with zero attached hydrogens (tertiary/aromatic N) is 1. The summed E-state index contributed by atoms with van der Waals surface area (Å²) in [5.74, 6) is 1.49. The van der Waals surface area contributed by atoms with Crippen molar-refractivity contribution in [2.24, 2.45) is 0 Å². The molecule has 2 aliphatic rings. The van der Waals surface area contributed by atoms with Crippen LogP contribution in [0.25, 0.3) is 11.3 Å². The molecule has 0 bridgehead atoms. The normalized spacial score (nSPS) is 18.9. The lowest BCUT2D eigenvalue weighted by atomic mass is 9.93. The smallest absolute Gasteiger partial charge is 0.262 e. The van der Waals surface area contributed by atoms with Crippen LogP contribution in [-0.2, 0) is 9.53 Å². The summed E-state index contributed by atoms with van der Waals surface area (Å²) in [7, 11) is 1.61. The number of methoxy groups -OCH3 is 1. The Kier molecular flexibility index (Phi) is 6.06. The number of carbonyl (C=O) groups is 1. The summed E-state index contributed by atoms with van der Waals surface area (Å²) in [6.07, 6.45) is 3.66. The highest BCUT2D eigenvalue weighted by Gasteiger charge is 2.25. The molecule has 0 saturated carbocycles. The SMILES string of the molecule is COc1ccc(C2=C/C(=C(\C#N)C(=O)NCC3CCCO3)c3cc(C)ccc3O2)cc1. The lowest BCUT2D eigenvalue weighted by molar-refractivity contribution is -0.117. The van der Waals surface area contributed by atoms with Crippen molar-refractivity contribution in [1.29, 1.82) is 5.26 Å². The van der Waals surface area contributed by atoms with Gasteiger partial charge in [0.25, 0.3) is 5.91 Å². The molecule has 0 aliphatic carbocycles. The number of hydrogen-bond acceptors (Lipinski definition) is 5. The van der Waals surface area contributed by atoms with E-state index in [4.69, 9.17) is 14.2 Å². The number of allylic oxidation sites excluding steroid dienone is 2. The van der Waals surface area contributed by atoms with Gasteiger partial charge in [-0.05, 0) is 62.2 Å². The van der Waals surface area contributed by atoms with Crippen LogP contribution in [-0.4, -0.2) is 32.3 Å². The van der Waals surface area contributed by atoms with Gasteiger partial charge < -0.3 is 19.5 Å². The second kappa shape index (κ2) is 9.07. The van der Waals surface area contributed by atoms with Crippen molar-refractivity contribution in [1.82, 2.24) is 5.32 Å². The number of benzene rings is 2. The number of amides is 1. The average Bonchev–Trinajstić information content (AvgIpc) is 3.32. The number of hydrogen-bond donors (Lipinski definition) is 1. The first-order valence-electron chi connectivity index (χ1n) is 10.3. The van der Waals surface area contributed by atoms with E-state index in [0.29, 0.717) is 30.2 Å². The number of carbonyl (C=O) groups excluding carboxylic acids is 1. The van der Waals surface area contributed by atoms with E-state index in [1.807, 2.05) is 49.4 Å². The standard InChI is InChI=1S/C25H24N2O4/c1-16-5-10-23-21(12-16)20(13-24(31-23)17-6-8-18(29-2)9-7-17)22(14-26)25(28)27-15-19-4-3-11-30-19/h5-10,12-13,19H,3-4,11,15H2,1-2H3,(H,27,28)/b22-20-. The quantitative estimate of drug-likeness (QED) is 0.588. The monoisotopic (exact) mass is 416 g/mol. The Morgan fingerprint density at radius 1 is 1.26 bits per heavy atom. The molecule has 1 saturated heterocycles. The van der Waals surface area contributed by atoms with Crippen LogP contribution in [0, 0.1) is 18.3 Å². The fourth-order valence-corrected chi connectivity index (χ4v) is 3.74. The maximum absolute atomic E-state index is 12.9. The van der Waals surface area contributed by atoms with E-state index in [1.54, 1.807) is 13.2 Å². The molecular formula is C25H24N2O4. The van der Waals surface area contributed by atoms with Gasteiger partial charge in [-0.1, -0.05) is 11.6 Å². The lowest BCUT2D eigenvalue weighted by Crippen LogP contribution is -2.33. The molecule has 1 amide bonds. The van der Waals surface area contributed by atoms with Crippen LogP contribution in [0.3, 0.4) is 0 Å². The maximum Gasteiger partial charge on any atom is 0.262 e. The zero-order valence-corrected chi connectivity index (χ0v) is 17.6. The van der Waals surface area contributed by atoms with E-state index in [2.05, 4.69) is 11.4 Å². The summed E-state index contributed by atoms with van der Waals surface area (Å²) in [6, 6.07) is 15.3. The molecule has 1 N–H and O–H groups in total. The fourth-order valence-electron chi connectivity index (χ4n) is 3.74. The first-order valence-corrected chi connectivity index (χ1v) is 10.3. The highest BCUT2D eigenvalue weighted by atomic mass is 16.5. The van der Waals surface area contributed by atoms with E-state index in [-0.39, 0.29) is 11.7 Å². The zero-order chi connectivity index (χ0) is 21.8. The summed E-state index contributed by atoms with van der Waals surface area (Å²) >= 11 is 0. The number of aryl methyl sites for hydroxylation is 1. The minimum absolute atomic E-state index is 0.00325. The van der Waals surface area contributed by atoms with Crippen molar-refractivity contribution in [2.75, 3.05) is 20.3 Å². The Hall–Kier alpha value is -3.56. The number of nitrogens with one attached hydrogen (secondary N) is 1. The molecule has 0 aromatic heterocycles. The molecule has 1 fully saturated rings. The lowest BCUT2D eigenvalue weighted by Gasteiger charge is -2.22. The van der Waals surface area contributed by atoms with Gasteiger partial charge in [0.05, 0.1) is 13.2 Å². The summed E-state index contributed by atoms with van der Waals surface area (Å²) in [5.41, 5.74) is 3.16. The molecule has 31 heavy (non-hydrogen) atoms. The Morgan fingerprint density at radius 2 is 2.06 bits per heavy atom. The molecule has 6 nitrogen and oxygen atoms in total. The van der Waals surface area contributed by atoms with Crippen molar-refractivity contribution in [2.45, 2.75) is 25.9 Å². The second-order valence-corrected chi connectivity index (χ2v) is 7.58. The minimum Gasteiger partial charge on any atom is -0.497 e. The summed E-state index contributed by atoms with van der Waals surface area (Å²) in [6.45, 7) is 3.07. The fraction of sp³-hybridized carbons (Fsp3) is 0.280. The van der Waals surface area contributed by atoms with Gasteiger partial charge in [0.2, 0.25) is 0 Å². The van der Waals surface area contributed by atoms with Crippen LogP contribution < -0.4 is 14.8 Å². The predicted molar refractivity (Wildman–Crippen MR) is 117 cm³/mol. The van der Waals surface area contributed by atoms with Gasteiger partial charge in [-0.25, -0.2) is 0 Å². The van der Waals surface area contributed by atoms with Gasteiger partial charge >= 0.3 is 0 Å². The molecule has 2 aliphatic heterocycles.